The highest BCUT2D eigenvalue weighted by molar-refractivity contribution is 9.10. The van der Waals surface area contributed by atoms with Crippen LogP contribution in [0.3, 0.4) is 0 Å². The van der Waals surface area contributed by atoms with Crippen LogP contribution >= 0.6 is 15.9 Å². The zero-order valence-electron chi connectivity index (χ0n) is 19.9. The molecule has 178 valence electrons. The third-order valence-corrected chi connectivity index (χ3v) is 6.81. The molecule has 2 aromatic carbocycles. The maximum atomic E-state index is 13.3. The van der Waals surface area contributed by atoms with Gasteiger partial charge >= 0.3 is 0 Å². The number of amides is 2. The third kappa shape index (κ3) is 7.32. The fourth-order valence-electron chi connectivity index (χ4n) is 4.25. The number of nitrogens with one attached hydrogen (secondary N) is 1. The average Bonchev–Trinajstić information content (AvgIpc) is 2.82. The van der Waals surface area contributed by atoms with Gasteiger partial charge in [-0.2, -0.15) is 0 Å². The van der Waals surface area contributed by atoms with E-state index in [2.05, 4.69) is 35.1 Å². The van der Waals surface area contributed by atoms with E-state index < -0.39 is 6.04 Å². The Bertz CT molecular complexity index is 923. The van der Waals surface area contributed by atoms with Crippen molar-refractivity contribution in [3.8, 4) is 5.75 Å². The molecule has 1 saturated carbocycles. The standard InChI is InChI=1S/C27H35BrN2O3/c1-19(2)24-11-7-8-12-25(24)33-18-26(31)30(17-21-13-15-22(28)16-14-21)20(3)27(32)29-23-9-5-4-6-10-23/h7-8,11-16,19-20,23H,4-6,9-10,17-18H2,1-3H3,(H,29,32)/t20-/m0/s1. The maximum absolute atomic E-state index is 13.3. The fourth-order valence-corrected chi connectivity index (χ4v) is 4.51. The molecule has 1 fully saturated rings. The number of hydrogen-bond donors (Lipinski definition) is 1. The molecular formula is C27H35BrN2O3. The van der Waals surface area contributed by atoms with Crippen LogP contribution in [-0.4, -0.2) is 35.4 Å². The molecule has 0 heterocycles. The van der Waals surface area contributed by atoms with Gasteiger partial charge in [-0.25, -0.2) is 0 Å². The minimum Gasteiger partial charge on any atom is -0.483 e. The number of rotatable bonds is 9. The van der Waals surface area contributed by atoms with E-state index in [9.17, 15) is 9.59 Å². The summed E-state index contributed by atoms with van der Waals surface area (Å²) in [6.07, 6.45) is 5.53. The van der Waals surface area contributed by atoms with E-state index in [1.165, 1.54) is 6.42 Å². The molecular weight excluding hydrogens is 480 g/mol. The number of nitrogens with zero attached hydrogens (tertiary/aromatic N) is 1. The molecule has 6 heteroatoms. The van der Waals surface area contributed by atoms with E-state index in [1.54, 1.807) is 11.8 Å². The molecule has 0 bridgehead atoms. The van der Waals surface area contributed by atoms with Gasteiger partial charge in [-0.15, -0.1) is 0 Å². The zero-order chi connectivity index (χ0) is 23.8. The Morgan fingerprint density at radius 2 is 1.70 bits per heavy atom. The molecule has 2 amide bonds. The van der Waals surface area contributed by atoms with Crippen molar-refractivity contribution in [1.29, 1.82) is 0 Å². The first-order valence-electron chi connectivity index (χ1n) is 11.9. The van der Waals surface area contributed by atoms with Gasteiger partial charge in [0.2, 0.25) is 5.91 Å². The van der Waals surface area contributed by atoms with Crippen LogP contribution in [0.15, 0.2) is 53.0 Å². The molecule has 1 N–H and O–H groups in total. The Kier molecular flexibility index (Phi) is 9.36. The minimum absolute atomic E-state index is 0.102. The molecule has 0 aromatic heterocycles. The van der Waals surface area contributed by atoms with E-state index in [0.717, 1.165) is 41.3 Å². The summed E-state index contributed by atoms with van der Waals surface area (Å²) in [7, 11) is 0. The third-order valence-electron chi connectivity index (χ3n) is 6.28. The van der Waals surface area contributed by atoms with Crippen molar-refractivity contribution in [1.82, 2.24) is 10.2 Å². The summed E-state index contributed by atoms with van der Waals surface area (Å²) in [4.78, 5) is 28.0. The quantitative estimate of drug-likeness (QED) is 0.458. The molecule has 5 nitrogen and oxygen atoms in total. The minimum atomic E-state index is -0.591. The van der Waals surface area contributed by atoms with Gasteiger partial charge < -0.3 is 15.0 Å². The summed E-state index contributed by atoms with van der Waals surface area (Å²) in [5, 5.41) is 3.17. The van der Waals surface area contributed by atoms with E-state index in [4.69, 9.17) is 4.74 Å². The zero-order valence-corrected chi connectivity index (χ0v) is 21.4. The highest BCUT2D eigenvalue weighted by Crippen LogP contribution is 2.26. The number of carbonyl (C=O) groups excluding carboxylic acids is 2. The van der Waals surface area contributed by atoms with Crippen LogP contribution in [0.4, 0.5) is 0 Å². The second-order valence-corrected chi connectivity index (χ2v) is 10.1. The monoisotopic (exact) mass is 514 g/mol. The first-order valence-corrected chi connectivity index (χ1v) is 12.7. The van der Waals surface area contributed by atoms with Crippen molar-refractivity contribution in [3.63, 3.8) is 0 Å². The molecule has 0 unspecified atom stereocenters. The van der Waals surface area contributed by atoms with Crippen molar-refractivity contribution in [2.75, 3.05) is 6.61 Å². The van der Waals surface area contributed by atoms with E-state index >= 15 is 0 Å². The first-order chi connectivity index (χ1) is 15.8. The van der Waals surface area contributed by atoms with Crippen molar-refractivity contribution < 1.29 is 14.3 Å². The van der Waals surface area contributed by atoms with Gasteiger partial charge in [-0.1, -0.05) is 79.4 Å². The summed E-state index contributed by atoms with van der Waals surface area (Å²) in [5.41, 5.74) is 2.03. The summed E-state index contributed by atoms with van der Waals surface area (Å²) in [5.74, 6) is 0.692. The van der Waals surface area contributed by atoms with E-state index in [-0.39, 0.29) is 30.4 Å². The number of halogens is 1. The SMILES string of the molecule is CC(C)c1ccccc1OCC(=O)N(Cc1ccc(Br)cc1)[C@@H](C)C(=O)NC1CCCCC1. The summed E-state index contributed by atoms with van der Waals surface area (Å²) in [6, 6.07) is 15.2. The van der Waals surface area contributed by atoms with Crippen molar-refractivity contribution in [2.45, 2.75) is 77.4 Å². The van der Waals surface area contributed by atoms with Crippen LogP contribution < -0.4 is 10.1 Å². The van der Waals surface area contributed by atoms with Crippen molar-refractivity contribution in [2.24, 2.45) is 0 Å². The molecule has 33 heavy (non-hydrogen) atoms. The molecule has 0 radical (unpaired) electrons. The van der Waals surface area contributed by atoms with Crippen LogP contribution in [-0.2, 0) is 16.1 Å². The highest BCUT2D eigenvalue weighted by Gasteiger charge is 2.28. The van der Waals surface area contributed by atoms with Gasteiger partial charge in [0.15, 0.2) is 6.61 Å². The highest BCUT2D eigenvalue weighted by atomic mass is 79.9. The largest absolute Gasteiger partial charge is 0.483 e. The topological polar surface area (TPSA) is 58.6 Å². The van der Waals surface area contributed by atoms with Gasteiger partial charge in [0.05, 0.1) is 0 Å². The number of para-hydroxylation sites is 1. The molecule has 2 aromatic rings. The lowest BCUT2D eigenvalue weighted by Gasteiger charge is -2.31. The second-order valence-electron chi connectivity index (χ2n) is 9.15. The van der Waals surface area contributed by atoms with Gasteiger partial charge in [0, 0.05) is 17.1 Å². The summed E-state index contributed by atoms with van der Waals surface area (Å²) < 4.78 is 6.92. The Morgan fingerprint density at radius 1 is 1.03 bits per heavy atom. The number of ether oxygens (including phenoxy) is 1. The Morgan fingerprint density at radius 3 is 2.36 bits per heavy atom. The van der Waals surface area contributed by atoms with Gasteiger partial charge in [0.25, 0.3) is 5.91 Å². The Labute approximate surface area is 206 Å². The van der Waals surface area contributed by atoms with Crippen LogP contribution in [0.5, 0.6) is 5.75 Å². The van der Waals surface area contributed by atoms with Crippen molar-refractivity contribution in [3.05, 3.63) is 64.1 Å². The molecule has 0 saturated heterocycles. The molecule has 0 spiro atoms. The lowest BCUT2D eigenvalue weighted by Crippen LogP contribution is -2.51. The maximum Gasteiger partial charge on any atom is 0.261 e. The van der Waals surface area contributed by atoms with E-state index in [1.807, 2.05) is 48.5 Å². The van der Waals surface area contributed by atoms with Crippen molar-refractivity contribution >= 4 is 27.7 Å². The van der Waals surface area contributed by atoms with Gasteiger partial charge in [-0.05, 0) is 55.0 Å². The molecule has 1 aliphatic carbocycles. The normalized spacial score (nSPS) is 15.2. The van der Waals surface area contributed by atoms with Gasteiger partial charge in [0.1, 0.15) is 11.8 Å². The average molecular weight is 515 g/mol. The molecule has 0 aliphatic heterocycles. The van der Waals surface area contributed by atoms with Crippen LogP contribution in [0.25, 0.3) is 0 Å². The van der Waals surface area contributed by atoms with Crippen LogP contribution in [0, 0.1) is 0 Å². The number of benzene rings is 2. The lowest BCUT2D eigenvalue weighted by molar-refractivity contribution is -0.142. The van der Waals surface area contributed by atoms with Crippen LogP contribution in [0.1, 0.15) is 69.9 Å². The summed E-state index contributed by atoms with van der Waals surface area (Å²) in [6.45, 7) is 6.24. The summed E-state index contributed by atoms with van der Waals surface area (Å²) >= 11 is 3.45. The first kappa shape index (κ1) is 25.3. The van der Waals surface area contributed by atoms with Crippen LogP contribution in [0.2, 0.25) is 0 Å². The number of carbonyl (C=O) groups is 2. The number of hydrogen-bond acceptors (Lipinski definition) is 3. The Balaban J connectivity index is 1.73. The van der Waals surface area contributed by atoms with E-state index in [0.29, 0.717) is 12.3 Å². The predicted molar refractivity (Wildman–Crippen MR) is 135 cm³/mol. The lowest BCUT2D eigenvalue weighted by atomic mass is 9.95. The Hall–Kier alpha value is -2.34. The fraction of sp³-hybridized carbons (Fsp3) is 0.481. The molecule has 3 rings (SSSR count). The molecule has 1 aliphatic rings. The van der Waals surface area contributed by atoms with Gasteiger partial charge in [-0.3, -0.25) is 9.59 Å². The molecule has 1 atom stereocenters. The predicted octanol–water partition coefficient (Wildman–Crippen LogP) is 5.82. The smallest absolute Gasteiger partial charge is 0.261 e. The second kappa shape index (κ2) is 12.2.